The lowest BCUT2D eigenvalue weighted by Crippen LogP contribution is -1.86. The number of pyridine rings is 1. The van der Waals surface area contributed by atoms with E-state index in [1.165, 1.54) is 16.2 Å². The molecule has 0 amide bonds. The van der Waals surface area contributed by atoms with Gasteiger partial charge in [0.2, 0.25) is 0 Å². The van der Waals surface area contributed by atoms with Crippen LogP contribution in [-0.4, -0.2) is 4.98 Å². The number of hydrogen-bond acceptors (Lipinski definition) is 1. The number of aromatic nitrogens is 1. The number of fused-ring (bicyclic) bond motifs is 6. The standard InChI is InChI=1S/C21H11N/c1-3-7-18-14(5-1)9-11-16-13-17-12-10-15-6-2-4-8-19(15)21(17)22-20(16)18/h1,3-5,7-13H. The van der Waals surface area contributed by atoms with E-state index in [0.717, 1.165) is 27.2 Å². The highest BCUT2D eigenvalue weighted by Gasteiger charge is 2.06. The summed E-state index contributed by atoms with van der Waals surface area (Å²) in [5.41, 5.74) is 2.09. The molecule has 22 heavy (non-hydrogen) atoms. The van der Waals surface area contributed by atoms with Crippen molar-refractivity contribution in [3.05, 3.63) is 78.9 Å². The summed E-state index contributed by atoms with van der Waals surface area (Å²) in [6.45, 7) is 0. The van der Waals surface area contributed by atoms with E-state index in [1.54, 1.807) is 0 Å². The topological polar surface area (TPSA) is 12.9 Å². The van der Waals surface area contributed by atoms with Crippen molar-refractivity contribution >= 4 is 43.4 Å². The summed E-state index contributed by atoms with van der Waals surface area (Å²) in [5.74, 6) is 0. The Kier molecular flexibility index (Phi) is 2.20. The molecule has 100 valence electrons. The number of rotatable bonds is 0. The van der Waals surface area contributed by atoms with Crippen LogP contribution in [0.1, 0.15) is 0 Å². The zero-order valence-corrected chi connectivity index (χ0v) is 11.8. The quantitative estimate of drug-likeness (QED) is 0.277. The molecule has 5 aromatic rings. The maximum Gasteiger partial charge on any atom is 0.0795 e. The lowest BCUT2D eigenvalue weighted by Gasteiger charge is -2.07. The average molecular weight is 277 g/mol. The van der Waals surface area contributed by atoms with Gasteiger partial charge in [0.25, 0.3) is 0 Å². The second-order valence-electron chi connectivity index (χ2n) is 5.55. The first kappa shape index (κ1) is 11.5. The monoisotopic (exact) mass is 277 g/mol. The van der Waals surface area contributed by atoms with E-state index in [-0.39, 0.29) is 0 Å². The van der Waals surface area contributed by atoms with Crippen molar-refractivity contribution < 1.29 is 0 Å². The lowest BCUT2D eigenvalue weighted by molar-refractivity contribution is 1.53. The van der Waals surface area contributed by atoms with Gasteiger partial charge in [-0.05, 0) is 29.7 Å². The Balaban J connectivity index is 2.05. The second kappa shape index (κ2) is 4.19. The molecule has 4 aromatic carbocycles. The number of hydrogen-bond donors (Lipinski definition) is 0. The first-order valence-corrected chi connectivity index (χ1v) is 7.33. The van der Waals surface area contributed by atoms with Crippen molar-refractivity contribution in [1.82, 2.24) is 4.98 Å². The van der Waals surface area contributed by atoms with Crippen LogP contribution in [0.25, 0.3) is 43.4 Å². The van der Waals surface area contributed by atoms with Crippen molar-refractivity contribution in [3.8, 4) is 0 Å². The Morgan fingerprint density at radius 2 is 1.45 bits per heavy atom. The summed E-state index contributed by atoms with van der Waals surface area (Å²) in [6, 6.07) is 29.3. The molecule has 0 saturated heterocycles. The fourth-order valence-corrected chi connectivity index (χ4v) is 3.18. The summed E-state index contributed by atoms with van der Waals surface area (Å²) in [5, 5.41) is 6.95. The molecule has 0 atom stereocenters. The zero-order valence-electron chi connectivity index (χ0n) is 11.8. The van der Waals surface area contributed by atoms with Crippen molar-refractivity contribution in [2.75, 3.05) is 0 Å². The van der Waals surface area contributed by atoms with Gasteiger partial charge in [-0.15, -0.1) is 0 Å². The molecule has 0 aliphatic rings. The Morgan fingerprint density at radius 1 is 0.682 bits per heavy atom. The van der Waals surface area contributed by atoms with E-state index in [9.17, 15) is 0 Å². The summed E-state index contributed by atoms with van der Waals surface area (Å²) >= 11 is 0. The predicted molar refractivity (Wildman–Crippen MR) is 91.9 cm³/mol. The lowest BCUT2D eigenvalue weighted by atomic mass is 10.0. The van der Waals surface area contributed by atoms with Gasteiger partial charge in [0, 0.05) is 26.9 Å². The highest BCUT2D eigenvalue weighted by molar-refractivity contribution is 6.13. The number of nitrogens with zero attached hydrogens (tertiary/aromatic N) is 1. The second-order valence-corrected chi connectivity index (χ2v) is 5.55. The highest BCUT2D eigenvalue weighted by atomic mass is 14.7. The van der Waals surface area contributed by atoms with Gasteiger partial charge < -0.3 is 0 Å². The molecule has 0 unspecified atom stereocenters. The van der Waals surface area contributed by atoms with Crippen LogP contribution >= 0.6 is 0 Å². The van der Waals surface area contributed by atoms with E-state index >= 15 is 0 Å². The first-order valence-electron chi connectivity index (χ1n) is 7.33. The first-order chi connectivity index (χ1) is 10.9. The molecular weight excluding hydrogens is 266 g/mol. The molecule has 0 radical (unpaired) electrons. The Hall–Kier alpha value is -3.11. The molecule has 1 heteroatoms. The van der Waals surface area contributed by atoms with Crippen molar-refractivity contribution in [2.24, 2.45) is 0 Å². The van der Waals surface area contributed by atoms with Crippen LogP contribution in [-0.2, 0) is 0 Å². The maximum atomic E-state index is 5.00. The highest BCUT2D eigenvalue weighted by Crippen LogP contribution is 2.29. The molecule has 5 rings (SSSR count). The van der Waals surface area contributed by atoms with Crippen LogP contribution in [0.15, 0.2) is 66.7 Å². The van der Waals surface area contributed by atoms with Gasteiger partial charge >= 0.3 is 0 Å². The minimum absolute atomic E-state index is 1.03. The van der Waals surface area contributed by atoms with Crippen molar-refractivity contribution in [1.29, 1.82) is 0 Å². The van der Waals surface area contributed by atoms with E-state index in [1.807, 2.05) is 6.07 Å². The average Bonchev–Trinajstić information content (AvgIpc) is 2.60. The zero-order chi connectivity index (χ0) is 14.5. The maximum absolute atomic E-state index is 5.00. The molecule has 1 aromatic heterocycles. The van der Waals surface area contributed by atoms with Crippen molar-refractivity contribution in [2.45, 2.75) is 0 Å². The molecule has 1 nitrogen and oxygen atoms in total. The smallest absolute Gasteiger partial charge is 0.0795 e. The van der Waals surface area contributed by atoms with E-state index in [4.69, 9.17) is 4.98 Å². The van der Waals surface area contributed by atoms with Gasteiger partial charge in [-0.3, -0.25) is 0 Å². The Labute approximate surface area is 127 Å². The third-order valence-electron chi connectivity index (χ3n) is 4.25. The number of benzene rings is 3. The van der Waals surface area contributed by atoms with Crippen LogP contribution in [0.3, 0.4) is 0 Å². The van der Waals surface area contributed by atoms with Gasteiger partial charge in [-0.2, -0.15) is 0 Å². The van der Waals surface area contributed by atoms with E-state index in [2.05, 4.69) is 72.8 Å². The fourth-order valence-electron chi connectivity index (χ4n) is 3.18. The molecule has 0 aliphatic carbocycles. The van der Waals surface area contributed by atoms with Crippen LogP contribution in [0.5, 0.6) is 0 Å². The SMILES string of the molecule is c1ccc2c(c#1)ccc1cc3ccc4ccccc4c3nc12. The molecule has 1 heterocycles. The van der Waals surface area contributed by atoms with Crippen molar-refractivity contribution in [3.63, 3.8) is 0 Å². The molecule has 0 spiro atoms. The molecule has 0 aliphatic heterocycles. The summed E-state index contributed by atoms with van der Waals surface area (Å²) in [4.78, 5) is 5.00. The molecule has 0 N–H and O–H groups in total. The Morgan fingerprint density at radius 3 is 2.41 bits per heavy atom. The van der Waals surface area contributed by atoms with Gasteiger partial charge in [-0.25, -0.2) is 4.98 Å². The van der Waals surface area contributed by atoms with Crippen LogP contribution in [0.4, 0.5) is 0 Å². The molecule has 0 bridgehead atoms. The van der Waals surface area contributed by atoms with E-state index < -0.39 is 0 Å². The minimum Gasteiger partial charge on any atom is -0.246 e. The van der Waals surface area contributed by atoms with Gasteiger partial charge in [0.05, 0.1) is 11.0 Å². The van der Waals surface area contributed by atoms with Gasteiger partial charge in [-0.1, -0.05) is 54.6 Å². The molecule has 0 saturated carbocycles. The predicted octanol–water partition coefficient (Wildman–Crippen LogP) is 5.29. The molecular formula is C21H11N. The van der Waals surface area contributed by atoms with E-state index in [0.29, 0.717) is 0 Å². The van der Waals surface area contributed by atoms with Crippen LogP contribution in [0.2, 0.25) is 0 Å². The third-order valence-corrected chi connectivity index (χ3v) is 4.25. The van der Waals surface area contributed by atoms with Crippen LogP contribution in [0, 0.1) is 12.1 Å². The summed E-state index contributed by atoms with van der Waals surface area (Å²) in [6.07, 6.45) is 0. The fraction of sp³-hybridized carbons (Fsp3) is 0. The summed E-state index contributed by atoms with van der Waals surface area (Å²) < 4.78 is 0. The summed E-state index contributed by atoms with van der Waals surface area (Å²) in [7, 11) is 0. The van der Waals surface area contributed by atoms with Crippen LogP contribution < -0.4 is 0 Å². The third kappa shape index (κ3) is 1.52. The minimum atomic E-state index is 1.03. The normalized spacial score (nSPS) is 11.3. The van der Waals surface area contributed by atoms with Gasteiger partial charge in [0.15, 0.2) is 0 Å². The largest absolute Gasteiger partial charge is 0.246 e. The van der Waals surface area contributed by atoms with Gasteiger partial charge in [0.1, 0.15) is 0 Å². The Bertz CT molecular complexity index is 1080. The molecule has 0 fully saturated rings.